The van der Waals surface area contributed by atoms with Gasteiger partial charge in [-0.3, -0.25) is 4.79 Å². The molecule has 0 unspecified atom stereocenters. The number of fused-ring (bicyclic) bond motifs is 2. The fraction of sp³-hybridized carbons (Fsp3) is 0.211. The Balaban J connectivity index is 1.83. The molecule has 1 aromatic carbocycles. The van der Waals surface area contributed by atoms with Crippen molar-refractivity contribution in [1.29, 1.82) is 5.26 Å². The van der Waals surface area contributed by atoms with Crippen LogP contribution in [0.1, 0.15) is 21.8 Å². The molecule has 8 heteroatoms. The minimum Gasteiger partial charge on any atom is -0.486 e. The van der Waals surface area contributed by atoms with E-state index in [-0.39, 0.29) is 17.0 Å². The predicted octanol–water partition coefficient (Wildman–Crippen LogP) is 4.09. The summed E-state index contributed by atoms with van der Waals surface area (Å²) in [7, 11) is 0. The molecule has 0 saturated heterocycles. The van der Waals surface area contributed by atoms with Crippen LogP contribution in [0.25, 0.3) is 21.9 Å². The Labute approximate surface area is 163 Å². The SMILES string of the molecule is Cc1sc2nc(/C(C#N)=C/c3cc(Cl)c4c(c3)OCCO4)[nH]c(=O)c2c1C. The minimum atomic E-state index is -0.252. The van der Waals surface area contributed by atoms with Crippen molar-refractivity contribution in [3.8, 4) is 17.6 Å². The average molecular weight is 400 g/mol. The zero-order valence-electron chi connectivity index (χ0n) is 14.6. The van der Waals surface area contributed by atoms with Gasteiger partial charge in [-0.25, -0.2) is 4.98 Å². The van der Waals surface area contributed by atoms with Crippen molar-refractivity contribution in [3.05, 3.63) is 49.3 Å². The Morgan fingerprint density at radius 3 is 2.93 bits per heavy atom. The molecule has 0 bridgehead atoms. The van der Waals surface area contributed by atoms with Crippen LogP contribution in [-0.4, -0.2) is 23.2 Å². The number of nitrogens with zero attached hydrogens (tertiary/aromatic N) is 2. The molecule has 1 aliphatic heterocycles. The number of allylic oxidation sites excluding steroid dienone is 1. The Kier molecular flexibility index (Phi) is 4.38. The van der Waals surface area contributed by atoms with Crippen LogP contribution in [0.4, 0.5) is 0 Å². The van der Waals surface area contributed by atoms with Crippen molar-refractivity contribution in [1.82, 2.24) is 9.97 Å². The highest BCUT2D eigenvalue weighted by molar-refractivity contribution is 7.18. The largest absolute Gasteiger partial charge is 0.486 e. The van der Waals surface area contributed by atoms with Gasteiger partial charge in [-0.1, -0.05) is 11.6 Å². The number of hydrogen-bond donors (Lipinski definition) is 1. The van der Waals surface area contributed by atoms with Gasteiger partial charge < -0.3 is 14.5 Å². The Bertz CT molecular complexity index is 1200. The molecule has 0 radical (unpaired) electrons. The van der Waals surface area contributed by atoms with Crippen LogP contribution in [0.5, 0.6) is 11.5 Å². The molecule has 6 nitrogen and oxygen atoms in total. The quantitative estimate of drug-likeness (QED) is 0.655. The molecule has 3 aromatic rings. The Hall–Kier alpha value is -2.82. The summed E-state index contributed by atoms with van der Waals surface area (Å²) in [6.45, 7) is 4.71. The number of H-pyrrole nitrogens is 1. The number of nitrogens with one attached hydrogen (secondary N) is 1. The van der Waals surface area contributed by atoms with E-state index in [0.29, 0.717) is 45.5 Å². The second-order valence-corrected chi connectivity index (χ2v) is 7.69. The molecule has 0 atom stereocenters. The maximum atomic E-state index is 12.5. The zero-order valence-corrected chi connectivity index (χ0v) is 16.1. The number of aromatic nitrogens is 2. The molecule has 0 aliphatic carbocycles. The molecule has 1 aliphatic rings. The van der Waals surface area contributed by atoms with Crippen LogP contribution < -0.4 is 15.0 Å². The summed E-state index contributed by atoms with van der Waals surface area (Å²) < 4.78 is 11.1. The van der Waals surface area contributed by atoms with Crippen molar-refractivity contribution in [3.63, 3.8) is 0 Å². The fourth-order valence-corrected chi connectivity index (χ4v) is 4.22. The molecule has 4 rings (SSSR count). The first-order valence-corrected chi connectivity index (χ1v) is 9.38. The van der Waals surface area contributed by atoms with Gasteiger partial charge in [0.2, 0.25) is 0 Å². The van der Waals surface area contributed by atoms with E-state index in [1.54, 1.807) is 18.2 Å². The van der Waals surface area contributed by atoms with E-state index >= 15 is 0 Å². The molecule has 27 heavy (non-hydrogen) atoms. The number of rotatable bonds is 2. The van der Waals surface area contributed by atoms with Crippen molar-refractivity contribution >= 4 is 44.8 Å². The van der Waals surface area contributed by atoms with Gasteiger partial charge in [0.15, 0.2) is 17.3 Å². The third-order valence-electron chi connectivity index (χ3n) is 4.34. The first-order chi connectivity index (χ1) is 13.0. The summed E-state index contributed by atoms with van der Waals surface area (Å²) in [4.78, 5) is 21.3. The molecule has 0 amide bonds. The van der Waals surface area contributed by atoms with E-state index in [2.05, 4.69) is 16.0 Å². The zero-order chi connectivity index (χ0) is 19.1. The van der Waals surface area contributed by atoms with Crippen LogP contribution in [0.3, 0.4) is 0 Å². The van der Waals surface area contributed by atoms with Crippen molar-refractivity contribution in [2.24, 2.45) is 0 Å². The Morgan fingerprint density at radius 2 is 2.15 bits per heavy atom. The topological polar surface area (TPSA) is 88.0 Å². The van der Waals surface area contributed by atoms with E-state index in [1.807, 2.05) is 13.8 Å². The third kappa shape index (κ3) is 3.07. The normalized spacial score (nSPS) is 13.6. The highest BCUT2D eigenvalue weighted by atomic mass is 35.5. The van der Waals surface area contributed by atoms with Gasteiger partial charge in [0.1, 0.15) is 24.1 Å². The number of hydrogen-bond acceptors (Lipinski definition) is 6. The minimum absolute atomic E-state index is 0.224. The number of aromatic amines is 1. The second kappa shape index (κ2) is 6.72. The first kappa shape index (κ1) is 17.6. The maximum absolute atomic E-state index is 12.5. The molecule has 3 heterocycles. The number of ether oxygens (including phenoxy) is 2. The highest BCUT2D eigenvalue weighted by Gasteiger charge is 2.18. The van der Waals surface area contributed by atoms with Crippen molar-refractivity contribution in [2.75, 3.05) is 13.2 Å². The van der Waals surface area contributed by atoms with Gasteiger partial charge in [-0.05, 0) is 43.2 Å². The molecular formula is C19H14ClN3O3S. The van der Waals surface area contributed by atoms with Gasteiger partial charge in [0.05, 0.1) is 16.0 Å². The van der Waals surface area contributed by atoms with Gasteiger partial charge in [-0.15, -0.1) is 11.3 Å². The number of thiophene rings is 1. The predicted molar refractivity (Wildman–Crippen MR) is 106 cm³/mol. The summed E-state index contributed by atoms with van der Waals surface area (Å²) in [6.07, 6.45) is 1.61. The number of benzene rings is 1. The summed E-state index contributed by atoms with van der Waals surface area (Å²) >= 11 is 7.69. The molecular weight excluding hydrogens is 386 g/mol. The fourth-order valence-electron chi connectivity index (χ4n) is 2.92. The van der Waals surface area contributed by atoms with E-state index in [4.69, 9.17) is 21.1 Å². The lowest BCUT2D eigenvalue weighted by atomic mass is 10.1. The standard InChI is InChI=1S/C19H14ClN3O3S/c1-9-10(2)27-19-15(9)18(24)22-17(23-19)12(8-21)5-11-6-13(20)16-14(7-11)25-3-4-26-16/h5-7H,3-4H2,1-2H3,(H,22,23,24)/b12-5+. The molecule has 0 fully saturated rings. The van der Waals surface area contributed by atoms with E-state index in [9.17, 15) is 10.1 Å². The maximum Gasteiger partial charge on any atom is 0.260 e. The highest BCUT2D eigenvalue weighted by Crippen LogP contribution is 2.39. The molecule has 0 spiro atoms. The average Bonchev–Trinajstić information content (AvgIpc) is 2.94. The van der Waals surface area contributed by atoms with E-state index in [1.165, 1.54) is 11.3 Å². The summed E-state index contributed by atoms with van der Waals surface area (Å²) in [5.41, 5.74) is 1.54. The Morgan fingerprint density at radius 1 is 1.37 bits per heavy atom. The molecule has 2 aromatic heterocycles. The van der Waals surface area contributed by atoms with Crippen molar-refractivity contribution in [2.45, 2.75) is 13.8 Å². The third-order valence-corrected chi connectivity index (χ3v) is 5.73. The van der Waals surface area contributed by atoms with Gasteiger partial charge in [0, 0.05) is 4.88 Å². The lowest BCUT2D eigenvalue weighted by Crippen LogP contribution is -2.15. The van der Waals surface area contributed by atoms with E-state index in [0.717, 1.165) is 10.4 Å². The first-order valence-electron chi connectivity index (χ1n) is 8.19. The van der Waals surface area contributed by atoms with Gasteiger partial charge in [-0.2, -0.15) is 5.26 Å². The van der Waals surface area contributed by atoms with E-state index < -0.39 is 0 Å². The second-order valence-electron chi connectivity index (χ2n) is 6.07. The van der Waals surface area contributed by atoms with Crippen LogP contribution in [0.2, 0.25) is 5.02 Å². The van der Waals surface area contributed by atoms with Crippen LogP contribution in [0.15, 0.2) is 16.9 Å². The number of nitriles is 1. The number of halogens is 1. The molecule has 136 valence electrons. The van der Waals surface area contributed by atoms with Crippen LogP contribution in [-0.2, 0) is 0 Å². The summed E-state index contributed by atoms with van der Waals surface area (Å²) in [5, 5.41) is 10.6. The van der Waals surface area contributed by atoms with Crippen LogP contribution >= 0.6 is 22.9 Å². The monoisotopic (exact) mass is 399 g/mol. The van der Waals surface area contributed by atoms with Gasteiger partial charge in [0.25, 0.3) is 5.56 Å². The summed E-state index contributed by atoms with van der Waals surface area (Å²) in [5.74, 6) is 1.25. The lowest BCUT2D eigenvalue weighted by molar-refractivity contribution is 0.171. The van der Waals surface area contributed by atoms with Crippen LogP contribution in [0, 0.1) is 25.2 Å². The molecule has 1 N–H and O–H groups in total. The van der Waals surface area contributed by atoms with Crippen molar-refractivity contribution < 1.29 is 9.47 Å². The number of aryl methyl sites for hydroxylation is 2. The summed E-state index contributed by atoms with van der Waals surface area (Å²) in [6, 6.07) is 5.52. The van der Waals surface area contributed by atoms with Gasteiger partial charge >= 0.3 is 0 Å². The molecule has 0 saturated carbocycles. The smallest absolute Gasteiger partial charge is 0.260 e. The lowest BCUT2D eigenvalue weighted by Gasteiger charge is -2.19.